The molecule has 2 unspecified atom stereocenters. The smallest absolute Gasteiger partial charge is 0.233 e. The van der Waals surface area contributed by atoms with Gasteiger partial charge in [-0.1, -0.05) is 30.3 Å². The lowest BCUT2D eigenvalue weighted by Gasteiger charge is -2.40. The van der Waals surface area contributed by atoms with E-state index in [1.165, 1.54) is 0 Å². The molecule has 1 aliphatic rings. The quantitative estimate of drug-likeness (QED) is 0.843. The largest absolute Gasteiger partial charge is 0.377 e. The highest BCUT2D eigenvalue weighted by Crippen LogP contribution is 2.25. The van der Waals surface area contributed by atoms with Crippen LogP contribution in [0.25, 0.3) is 0 Å². The number of benzene rings is 2. The first-order valence-electron chi connectivity index (χ1n) is 8.95. The molecule has 5 nitrogen and oxygen atoms in total. The molecule has 1 N–H and O–H groups in total. The van der Waals surface area contributed by atoms with E-state index < -0.39 is 10.0 Å². The summed E-state index contributed by atoms with van der Waals surface area (Å²) in [7, 11) is -3.38. The van der Waals surface area contributed by atoms with Gasteiger partial charge in [-0.05, 0) is 50.1 Å². The number of aryl methyl sites for hydroxylation is 1. The van der Waals surface area contributed by atoms with Crippen molar-refractivity contribution >= 4 is 21.4 Å². The van der Waals surface area contributed by atoms with Crippen LogP contribution in [0.1, 0.15) is 19.4 Å². The molecule has 6 heteroatoms. The molecular weight excluding hydrogens is 348 g/mol. The summed E-state index contributed by atoms with van der Waals surface area (Å²) in [6.45, 7) is 5.68. The number of hydrogen-bond donors (Lipinski definition) is 1. The van der Waals surface area contributed by atoms with Gasteiger partial charge in [0.25, 0.3) is 0 Å². The summed E-state index contributed by atoms with van der Waals surface area (Å²) in [5.41, 5.74) is 2.69. The first-order valence-corrected chi connectivity index (χ1v) is 10.6. The highest BCUT2D eigenvalue weighted by Gasteiger charge is 2.25. The Labute approximate surface area is 156 Å². The Morgan fingerprint density at radius 1 is 1.00 bits per heavy atom. The van der Waals surface area contributed by atoms with Crippen molar-refractivity contribution in [1.82, 2.24) is 0 Å². The lowest BCUT2D eigenvalue weighted by Crippen LogP contribution is -2.49. The molecular formula is C20H26N2O3S. The number of rotatable bonds is 6. The number of morpholine rings is 1. The third-order valence-electron chi connectivity index (χ3n) is 4.61. The summed E-state index contributed by atoms with van der Waals surface area (Å²) in [6, 6.07) is 17.8. The van der Waals surface area contributed by atoms with Crippen molar-refractivity contribution in [2.45, 2.75) is 32.4 Å². The fourth-order valence-corrected chi connectivity index (χ4v) is 4.44. The normalized spacial score (nSPS) is 20.8. The van der Waals surface area contributed by atoms with Gasteiger partial charge in [-0.15, -0.1) is 0 Å². The molecule has 140 valence electrons. The molecule has 3 rings (SSSR count). The van der Waals surface area contributed by atoms with Crippen molar-refractivity contribution in [3.05, 3.63) is 60.2 Å². The average molecular weight is 375 g/mol. The number of sulfonamides is 1. The second-order valence-electron chi connectivity index (χ2n) is 6.85. The second kappa shape index (κ2) is 8.10. The average Bonchev–Trinajstić information content (AvgIpc) is 2.62. The minimum absolute atomic E-state index is 0.0658. The number of nitrogens with one attached hydrogen (secondary N) is 1. The predicted molar refractivity (Wildman–Crippen MR) is 106 cm³/mol. The third-order valence-corrected chi connectivity index (χ3v) is 5.90. The maximum atomic E-state index is 12.3. The van der Waals surface area contributed by atoms with Crippen molar-refractivity contribution in [2.24, 2.45) is 0 Å². The molecule has 2 aromatic carbocycles. The van der Waals surface area contributed by atoms with E-state index >= 15 is 0 Å². The van der Waals surface area contributed by atoms with Crippen molar-refractivity contribution in [3.8, 4) is 0 Å². The Hall–Kier alpha value is -2.05. The number of nitrogens with zero attached hydrogens (tertiary/aromatic N) is 1. The van der Waals surface area contributed by atoms with Gasteiger partial charge in [0.15, 0.2) is 0 Å². The van der Waals surface area contributed by atoms with Crippen LogP contribution in [-0.4, -0.2) is 39.5 Å². The van der Waals surface area contributed by atoms with Crippen LogP contribution >= 0.6 is 0 Å². The van der Waals surface area contributed by atoms with Gasteiger partial charge in [-0.2, -0.15) is 0 Å². The van der Waals surface area contributed by atoms with Gasteiger partial charge >= 0.3 is 0 Å². The van der Waals surface area contributed by atoms with Gasteiger partial charge in [0, 0.05) is 23.5 Å². The molecule has 2 atom stereocenters. The standard InChI is InChI=1S/C20H26N2O3S/c1-16-14-25-15-17(2)22(16)20-10-8-19(9-11-20)21-26(23,24)13-12-18-6-4-3-5-7-18/h3-11,16-17,21H,12-15H2,1-2H3. The molecule has 0 bridgehead atoms. The van der Waals surface area contributed by atoms with E-state index in [4.69, 9.17) is 4.74 Å². The molecule has 0 aliphatic carbocycles. The van der Waals surface area contributed by atoms with Crippen molar-refractivity contribution in [2.75, 3.05) is 28.6 Å². The van der Waals surface area contributed by atoms with E-state index in [1.807, 2.05) is 54.6 Å². The SMILES string of the molecule is CC1COCC(C)N1c1ccc(NS(=O)(=O)CCc2ccccc2)cc1. The maximum absolute atomic E-state index is 12.3. The monoisotopic (exact) mass is 374 g/mol. The lowest BCUT2D eigenvalue weighted by atomic mass is 10.1. The summed E-state index contributed by atoms with van der Waals surface area (Å²) in [6.07, 6.45) is 0.497. The van der Waals surface area contributed by atoms with Gasteiger partial charge < -0.3 is 9.64 Å². The Morgan fingerprint density at radius 2 is 1.62 bits per heavy atom. The Kier molecular flexibility index (Phi) is 5.84. The molecule has 2 aromatic rings. The zero-order chi connectivity index (χ0) is 18.6. The molecule has 1 saturated heterocycles. The molecule has 1 aliphatic heterocycles. The molecule has 0 aromatic heterocycles. The molecule has 0 saturated carbocycles. The summed E-state index contributed by atoms with van der Waals surface area (Å²) in [4.78, 5) is 2.32. The van der Waals surface area contributed by atoms with Gasteiger partial charge in [-0.25, -0.2) is 8.42 Å². The number of ether oxygens (including phenoxy) is 1. The Balaban J connectivity index is 1.63. The Morgan fingerprint density at radius 3 is 2.23 bits per heavy atom. The summed E-state index contributed by atoms with van der Waals surface area (Å²) in [5.74, 6) is 0.0658. The van der Waals surface area contributed by atoms with E-state index in [2.05, 4.69) is 23.5 Å². The van der Waals surface area contributed by atoms with Crippen LogP contribution in [0.15, 0.2) is 54.6 Å². The van der Waals surface area contributed by atoms with Crippen LogP contribution in [-0.2, 0) is 21.2 Å². The molecule has 1 fully saturated rings. The molecule has 0 amide bonds. The van der Waals surface area contributed by atoms with Gasteiger partial charge in [-0.3, -0.25) is 4.72 Å². The number of hydrogen-bond acceptors (Lipinski definition) is 4. The predicted octanol–water partition coefficient (Wildman–Crippen LogP) is 3.28. The molecule has 0 spiro atoms. The number of anilines is 2. The second-order valence-corrected chi connectivity index (χ2v) is 8.69. The van der Waals surface area contributed by atoms with Crippen LogP contribution in [0.5, 0.6) is 0 Å². The van der Waals surface area contributed by atoms with Crippen molar-refractivity contribution < 1.29 is 13.2 Å². The molecule has 26 heavy (non-hydrogen) atoms. The third kappa shape index (κ3) is 4.77. The van der Waals surface area contributed by atoms with Crippen LogP contribution in [0.3, 0.4) is 0 Å². The van der Waals surface area contributed by atoms with E-state index in [1.54, 1.807) is 0 Å². The van der Waals surface area contributed by atoms with Gasteiger partial charge in [0.1, 0.15) is 0 Å². The first-order chi connectivity index (χ1) is 12.4. The van der Waals surface area contributed by atoms with Gasteiger partial charge in [0.2, 0.25) is 10.0 Å². The minimum Gasteiger partial charge on any atom is -0.377 e. The Bertz CT molecular complexity index is 797. The van der Waals surface area contributed by atoms with E-state index in [0.717, 1.165) is 11.3 Å². The van der Waals surface area contributed by atoms with E-state index in [0.29, 0.717) is 37.4 Å². The summed E-state index contributed by atoms with van der Waals surface area (Å²) < 4.78 is 32.9. The molecule has 0 radical (unpaired) electrons. The first kappa shape index (κ1) is 18.7. The van der Waals surface area contributed by atoms with Crippen LogP contribution in [0.4, 0.5) is 11.4 Å². The summed E-state index contributed by atoms with van der Waals surface area (Å²) in [5, 5.41) is 0. The highest BCUT2D eigenvalue weighted by atomic mass is 32.2. The van der Waals surface area contributed by atoms with Crippen LogP contribution in [0, 0.1) is 0 Å². The van der Waals surface area contributed by atoms with E-state index in [9.17, 15) is 8.42 Å². The van der Waals surface area contributed by atoms with Gasteiger partial charge in [0.05, 0.1) is 19.0 Å². The van der Waals surface area contributed by atoms with Crippen molar-refractivity contribution in [3.63, 3.8) is 0 Å². The molecule has 1 heterocycles. The maximum Gasteiger partial charge on any atom is 0.233 e. The fraction of sp³-hybridized carbons (Fsp3) is 0.400. The van der Waals surface area contributed by atoms with E-state index in [-0.39, 0.29) is 5.75 Å². The zero-order valence-corrected chi connectivity index (χ0v) is 16.1. The van der Waals surface area contributed by atoms with Crippen molar-refractivity contribution in [1.29, 1.82) is 0 Å². The van der Waals surface area contributed by atoms with Crippen LogP contribution < -0.4 is 9.62 Å². The van der Waals surface area contributed by atoms with Crippen LogP contribution in [0.2, 0.25) is 0 Å². The fourth-order valence-electron chi connectivity index (χ4n) is 3.34. The highest BCUT2D eigenvalue weighted by molar-refractivity contribution is 7.92. The topological polar surface area (TPSA) is 58.6 Å². The summed E-state index contributed by atoms with van der Waals surface area (Å²) >= 11 is 0. The zero-order valence-electron chi connectivity index (χ0n) is 15.3. The lowest BCUT2D eigenvalue weighted by molar-refractivity contribution is 0.0757. The minimum atomic E-state index is -3.38.